The Morgan fingerprint density at radius 2 is 1.76 bits per heavy atom. The Morgan fingerprint density at radius 3 is 2.38 bits per heavy atom. The summed E-state index contributed by atoms with van der Waals surface area (Å²) in [6.45, 7) is 3.88. The van der Waals surface area contributed by atoms with Crippen molar-refractivity contribution in [3.05, 3.63) is 47.0 Å². The van der Waals surface area contributed by atoms with E-state index in [1.165, 1.54) is 10.9 Å². The normalized spacial score (nSPS) is 16.9. The van der Waals surface area contributed by atoms with Crippen LogP contribution in [0, 0.1) is 22.9 Å². The van der Waals surface area contributed by atoms with E-state index in [9.17, 15) is 18.0 Å². The first kappa shape index (κ1) is 13.9. The van der Waals surface area contributed by atoms with Crippen LogP contribution in [0.5, 0.6) is 0 Å². The van der Waals surface area contributed by atoms with Crippen LogP contribution in [0.1, 0.15) is 36.3 Å². The van der Waals surface area contributed by atoms with E-state index in [2.05, 4.69) is 5.10 Å². The Labute approximate surface area is 119 Å². The summed E-state index contributed by atoms with van der Waals surface area (Å²) in [5.41, 5.74) is 0.873. The number of benzene rings is 1. The molecule has 3 rings (SSSR count). The molecule has 0 aliphatic heterocycles. The van der Waals surface area contributed by atoms with E-state index in [-0.39, 0.29) is 16.9 Å². The average molecular weight is 294 g/mol. The SMILES string of the molecule is CC1(C)CC(=O)c2cnn(-c3cc(F)c(F)c(F)c3)c2C1. The number of carbonyl (C=O) groups excluding carboxylic acids is 1. The van der Waals surface area contributed by atoms with Crippen molar-refractivity contribution in [3.8, 4) is 5.69 Å². The van der Waals surface area contributed by atoms with Crippen LogP contribution in [0.15, 0.2) is 18.3 Å². The van der Waals surface area contributed by atoms with Crippen LogP contribution >= 0.6 is 0 Å². The smallest absolute Gasteiger partial charge is 0.194 e. The molecule has 0 saturated heterocycles. The van der Waals surface area contributed by atoms with Crippen molar-refractivity contribution in [2.24, 2.45) is 5.41 Å². The van der Waals surface area contributed by atoms with Crippen molar-refractivity contribution < 1.29 is 18.0 Å². The third kappa shape index (κ3) is 2.24. The molecule has 1 aromatic carbocycles. The van der Waals surface area contributed by atoms with Gasteiger partial charge in [-0.05, 0) is 11.8 Å². The first-order valence-electron chi connectivity index (χ1n) is 6.53. The second-order valence-electron chi connectivity index (χ2n) is 6.08. The van der Waals surface area contributed by atoms with Gasteiger partial charge in [0.1, 0.15) is 0 Å². The third-order valence-electron chi connectivity index (χ3n) is 3.67. The molecule has 0 amide bonds. The molecular weight excluding hydrogens is 281 g/mol. The van der Waals surface area contributed by atoms with E-state index in [1.807, 2.05) is 13.8 Å². The fourth-order valence-electron chi connectivity index (χ4n) is 2.71. The van der Waals surface area contributed by atoms with Crippen LogP contribution in [-0.2, 0) is 6.42 Å². The Balaban J connectivity index is 2.16. The van der Waals surface area contributed by atoms with Gasteiger partial charge in [0.25, 0.3) is 0 Å². The van der Waals surface area contributed by atoms with Gasteiger partial charge < -0.3 is 0 Å². The molecule has 0 saturated carbocycles. The number of ketones is 1. The van der Waals surface area contributed by atoms with Gasteiger partial charge in [-0.3, -0.25) is 4.79 Å². The Kier molecular flexibility index (Phi) is 2.93. The van der Waals surface area contributed by atoms with E-state index >= 15 is 0 Å². The lowest BCUT2D eigenvalue weighted by molar-refractivity contribution is 0.0911. The second kappa shape index (κ2) is 4.44. The predicted molar refractivity (Wildman–Crippen MR) is 69.9 cm³/mol. The summed E-state index contributed by atoms with van der Waals surface area (Å²) in [6, 6.07) is 1.75. The minimum Gasteiger partial charge on any atom is -0.294 e. The Hall–Kier alpha value is -2.11. The molecule has 0 radical (unpaired) electrons. The topological polar surface area (TPSA) is 34.9 Å². The first-order chi connectivity index (χ1) is 9.78. The van der Waals surface area contributed by atoms with Crippen LogP contribution in [0.4, 0.5) is 13.2 Å². The standard InChI is InChI=1S/C15H13F3N2O/c1-15(2)5-12-9(13(21)6-15)7-19-20(12)8-3-10(16)14(18)11(17)4-8/h3-4,7H,5-6H2,1-2H3. The van der Waals surface area contributed by atoms with Gasteiger partial charge in [0, 0.05) is 18.6 Å². The first-order valence-corrected chi connectivity index (χ1v) is 6.53. The molecule has 0 unspecified atom stereocenters. The maximum atomic E-state index is 13.4. The molecule has 6 heteroatoms. The fraction of sp³-hybridized carbons (Fsp3) is 0.333. The van der Waals surface area contributed by atoms with Gasteiger partial charge >= 0.3 is 0 Å². The number of rotatable bonds is 1. The number of aromatic nitrogens is 2. The summed E-state index contributed by atoms with van der Waals surface area (Å²) < 4.78 is 41.1. The zero-order valence-corrected chi connectivity index (χ0v) is 11.6. The van der Waals surface area contributed by atoms with Crippen LogP contribution in [0.2, 0.25) is 0 Å². The molecule has 0 N–H and O–H groups in total. The van der Waals surface area contributed by atoms with Crippen LogP contribution in [-0.4, -0.2) is 15.6 Å². The van der Waals surface area contributed by atoms with Crippen molar-refractivity contribution in [2.45, 2.75) is 26.7 Å². The van der Waals surface area contributed by atoms with E-state index in [4.69, 9.17) is 0 Å². The lowest BCUT2D eigenvalue weighted by atomic mass is 9.76. The maximum absolute atomic E-state index is 13.4. The summed E-state index contributed by atoms with van der Waals surface area (Å²) in [5, 5.41) is 4.04. The molecule has 0 fully saturated rings. The number of Topliss-reactive ketones (excluding diaryl/α,β-unsaturated/α-hetero) is 1. The highest BCUT2D eigenvalue weighted by Crippen LogP contribution is 2.35. The number of fused-ring (bicyclic) bond motifs is 1. The predicted octanol–water partition coefficient (Wildman–Crippen LogP) is 3.44. The lowest BCUT2D eigenvalue weighted by Crippen LogP contribution is -2.27. The highest BCUT2D eigenvalue weighted by Gasteiger charge is 2.34. The van der Waals surface area contributed by atoms with Crippen molar-refractivity contribution in [3.63, 3.8) is 0 Å². The van der Waals surface area contributed by atoms with Crippen molar-refractivity contribution in [1.82, 2.24) is 9.78 Å². The van der Waals surface area contributed by atoms with Crippen molar-refractivity contribution in [1.29, 1.82) is 0 Å². The summed E-state index contributed by atoms with van der Waals surface area (Å²) in [4.78, 5) is 12.1. The van der Waals surface area contributed by atoms with Crippen LogP contribution in [0.25, 0.3) is 5.69 Å². The number of hydrogen-bond acceptors (Lipinski definition) is 2. The fourth-order valence-corrected chi connectivity index (χ4v) is 2.71. The molecule has 0 atom stereocenters. The van der Waals surface area contributed by atoms with Gasteiger partial charge in [0.15, 0.2) is 23.2 Å². The molecular formula is C15H13F3N2O. The highest BCUT2D eigenvalue weighted by molar-refractivity contribution is 5.98. The quantitative estimate of drug-likeness (QED) is 0.755. The average Bonchev–Trinajstić information content (AvgIpc) is 2.77. The number of carbonyl (C=O) groups is 1. The van der Waals surface area contributed by atoms with Crippen molar-refractivity contribution >= 4 is 5.78 Å². The third-order valence-corrected chi connectivity index (χ3v) is 3.67. The molecule has 1 aliphatic carbocycles. The largest absolute Gasteiger partial charge is 0.294 e. The molecule has 2 aromatic rings. The van der Waals surface area contributed by atoms with E-state index in [1.54, 1.807) is 0 Å². The zero-order valence-electron chi connectivity index (χ0n) is 11.6. The number of halogens is 3. The maximum Gasteiger partial charge on any atom is 0.194 e. The molecule has 21 heavy (non-hydrogen) atoms. The molecule has 1 heterocycles. The van der Waals surface area contributed by atoms with Crippen molar-refractivity contribution in [2.75, 3.05) is 0 Å². The molecule has 1 aromatic heterocycles. The Morgan fingerprint density at radius 1 is 1.14 bits per heavy atom. The van der Waals surface area contributed by atoms with Gasteiger partial charge in [-0.1, -0.05) is 13.8 Å². The monoisotopic (exact) mass is 294 g/mol. The van der Waals surface area contributed by atoms with E-state index in [0.29, 0.717) is 24.1 Å². The van der Waals surface area contributed by atoms with Gasteiger partial charge in [-0.15, -0.1) is 0 Å². The van der Waals surface area contributed by atoms with E-state index in [0.717, 1.165) is 12.1 Å². The molecule has 110 valence electrons. The van der Waals surface area contributed by atoms with Gasteiger partial charge in [-0.2, -0.15) is 5.10 Å². The van der Waals surface area contributed by atoms with Crippen LogP contribution < -0.4 is 0 Å². The minimum atomic E-state index is -1.52. The minimum absolute atomic E-state index is 0.0458. The van der Waals surface area contributed by atoms with Gasteiger partial charge in [0.05, 0.1) is 23.1 Å². The summed E-state index contributed by atoms with van der Waals surface area (Å²) in [6.07, 6.45) is 2.35. The molecule has 0 spiro atoms. The zero-order chi connectivity index (χ0) is 15.4. The summed E-state index contributed by atoms with van der Waals surface area (Å²) in [7, 11) is 0. The van der Waals surface area contributed by atoms with Crippen LogP contribution in [0.3, 0.4) is 0 Å². The molecule has 1 aliphatic rings. The van der Waals surface area contributed by atoms with Gasteiger partial charge in [0.2, 0.25) is 0 Å². The van der Waals surface area contributed by atoms with E-state index < -0.39 is 17.5 Å². The lowest BCUT2D eigenvalue weighted by Gasteiger charge is -2.28. The molecule has 3 nitrogen and oxygen atoms in total. The number of hydrogen-bond donors (Lipinski definition) is 0. The summed E-state index contributed by atoms with van der Waals surface area (Å²) in [5.74, 6) is -4.13. The summed E-state index contributed by atoms with van der Waals surface area (Å²) >= 11 is 0. The Bertz CT molecular complexity index is 726. The highest BCUT2D eigenvalue weighted by atomic mass is 19.2. The van der Waals surface area contributed by atoms with Gasteiger partial charge in [-0.25, -0.2) is 17.9 Å². The second-order valence-corrected chi connectivity index (χ2v) is 6.08. The molecule has 0 bridgehead atoms. The number of nitrogens with zero attached hydrogens (tertiary/aromatic N) is 2.